The molecule has 0 saturated carbocycles. The van der Waals surface area contributed by atoms with Crippen molar-refractivity contribution in [1.82, 2.24) is 29.5 Å². The van der Waals surface area contributed by atoms with Crippen LogP contribution < -0.4 is 10.1 Å². The number of nitrogens with one attached hydrogen (secondary N) is 1. The van der Waals surface area contributed by atoms with Crippen molar-refractivity contribution in [1.29, 1.82) is 0 Å². The fourth-order valence-corrected chi connectivity index (χ4v) is 7.49. The van der Waals surface area contributed by atoms with Crippen molar-refractivity contribution >= 4 is 44.7 Å². The standard InChI is InChI=1S/C32H33ClFN7OS/c1-39(2)23-10-11-40(16-23)12-13-41-17-25-27(38-41)8-7-24-29-31(35-19-36-32(29)43-30(24)25)37-22-6-9-28(26(33)15-22)42-18-20-4-3-5-21(34)14-20/h3-6,9,14-15,17,19,23H,7-8,10-13,16,18H2,1-2H3,(H,35,36,37). The van der Waals surface area contributed by atoms with Gasteiger partial charge in [-0.15, -0.1) is 11.3 Å². The molecule has 0 radical (unpaired) electrons. The van der Waals surface area contributed by atoms with Gasteiger partial charge in [0.2, 0.25) is 0 Å². The number of halogens is 2. The normalized spacial score (nSPS) is 16.5. The molecule has 0 amide bonds. The van der Waals surface area contributed by atoms with E-state index in [1.54, 1.807) is 23.7 Å². The minimum atomic E-state index is -0.292. The monoisotopic (exact) mass is 617 g/mol. The molecule has 222 valence electrons. The van der Waals surface area contributed by atoms with Gasteiger partial charge in [0.1, 0.15) is 35.1 Å². The molecule has 0 bridgehead atoms. The van der Waals surface area contributed by atoms with Crippen LogP contribution in [0.25, 0.3) is 20.7 Å². The van der Waals surface area contributed by atoms with Gasteiger partial charge < -0.3 is 15.0 Å². The number of nitrogens with zero attached hydrogens (tertiary/aromatic N) is 6. The van der Waals surface area contributed by atoms with Gasteiger partial charge in [0.25, 0.3) is 0 Å². The molecule has 8 nitrogen and oxygen atoms in total. The van der Waals surface area contributed by atoms with Gasteiger partial charge in [-0.25, -0.2) is 14.4 Å². The highest BCUT2D eigenvalue weighted by Gasteiger charge is 2.27. The Balaban J connectivity index is 1.08. The molecule has 3 aromatic heterocycles. The summed E-state index contributed by atoms with van der Waals surface area (Å²) in [6, 6.07) is 12.5. The lowest BCUT2D eigenvalue weighted by Gasteiger charge is -2.20. The van der Waals surface area contributed by atoms with E-state index in [0.29, 0.717) is 16.8 Å². The van der Waals surface area contributed by atoms with E-state index in [-0.39, 0.29) is 12.4 Å². The van der Waals surface area contributed by atoms with E-state index in [9.17, 15) is 4.39 Å². The van der Waals surface area contributed by atoms with Crippen LogP contribution in [-0.4, -0.2) is 69.3 Å². The Hall–Kier alpha value is -3.57. The van der Waals surface area contributed by atoms with Crippen molar-refractivity contribution in [2.24, 2.45) is 0 Å². The Bertz CT molecular complexity index is 1790. The average molecular weight is 618 g/mol. The zero-order valence-electron chi connectivity index (χ0n) is 24.2. The molecule has 1 unspecified atom stereocenters. The third kappa shape index (κ3) is 5.84. The van der Waals surface area contributed by atoms with Crippen molar-refractivity contribution in [3.05, 3.63) is 82.6 Å². The second kappa shape index (κ2) is 11.8. The molecule has 1 saturated heterocycles. The Morgan fingerprint density at radius 3 is 2.86 bits per heavy atom. The van der Waals surface area contributed by atoms with Gasteiger partial charge >= 0.3 is 0 Å². The molecule has 1 atom stereocenters. The Labute approximate surface area is 259 Å². The van der Waals surface area contributed by atoms with Crippen molar-refractivity contribution in [2.45, 2.75) is 38.5 Å². The topological polar surface area (TPSA) is 71.3 Å². The van der Waals surface area contributed by atoms with E-state index in [0.717, 1.165) is 72.0 Å². The summed E-state index contributed by atoms with van der Waals surface area (Å²) in [4.78, 5) is 16.3. The van der Waals surface area contributed by atoms with Crippen LogP contribution in [-0.2, 0) is 26.0 Å². The third-order valence-electron chi connectivity index (χ3n) is 8.38. The molecule has 1 aliphatic carbocycles. The van der Waals surface area contributed by atoms with Gasteiger partial charge in [-0.3, -0.25) is 9.58 Å². The molecular weight excluding hydrogens is 585 g/mol. The van der Waals surface area contributed by atoms with Crippen molar-refractivity contribution in [3.8, 4) is 16.2 Å². The van der Waals surface area contributed by atoms with E-state index < -0.39 is 0 Å². The molecule has 5 aromatic rings. The first kappa shape index (κ1) is 28.2. The Kier molecular flexibility index (Phi) is 7.77. The van der Waals surface area contributed by atoms with E-state index >= 15 is 0 Å². The number of likely N-dealkylation sites (tertiary alicyclic amines) is 1. The number of aromatic nitrogens is 4. The summed E-state index contributed by atoms with van der Waals surface area (Å²) < 4.78 is 21.5. The highest BCUT2D eigenvalue weighted by Crippen LogP contribution is 2.45. The lowest BCUT2D eigenvalue weighted by Crippen LogP contribution is -2.32. The number of likely N-dealkylation sites (N-methyl/N-ethyl adjacent to an activating group) is 1. The number of hydrogen-bond donors (Lipinski definition) is 1. The molecule has 2 aromatic carbocycles. The maximum atomic E-state index is 13.5. The summed E-state index contributed by atoms with van der Waals surface area (Å²) in [5.74, 6) is 0.996. The van der Waals surface area contributed by atoms with Crippen molar-refractivity contribution < 1.29 is 9.13 Å². The van der Waals surface area contributed by atoms with Gasteiger partial charge in [-0.2, -0.15) is 5.10 Å². The molecule has 7 rings (SSSR count). The van der Waals surface area contributed by atoms with Crippen LogP contribution in [0.1, 0.15) is 23.2 Å². The lowest BCUT2D eigenvalue weighted by atomic mass is 9.95. The number of benzene rings is 2. The first-order chi connectivity index (χ1) is 20.9. The molecule has 1 fully saturated rings. The second-order valence-corrected chi connectivity index (χ2v) is 12.9. The van der Waals surface area contributed by atoms with Crippen molar-refractivity contribution in [3.63, 3.8) is 0 Å². The number of aryl methyl sites for hydroxylation is 2. The Morgan fingerprint density at radius 1 is 1.14 bits per heavy atom. The molecule has 11 heteroatoms. The first-order valence-electron chi connectivity index (χ1n) is 14.6. The van der Waals surface area contributed by atoms with Crippen LogP contribution in [0, 0.1) is 5.82 Å². The lowest BCUT2D eigenvalue weighted by molar-refractivity contribution is 0.261. The van der Waals surface area contributed by atoms with E-state index in [1.807, 2.05) is 24.3 Å². The van der Waals surface area contributed by atoms with Gasteiger partial charge in [0, 0.05) is 41.5 Å². The predicted octanol–water partition coefficient (Wildman–Crippen LogP) is 6.40. The molecule has 1 aliphatic heterocycles. The molecule has 1 N–H and O–H groups in total. The van der Waals surface area contributed by atoms with Gasteiger partial charge in [-0.1, -0.05) is 23.7 Å². The van der Waals surface area contributed by atoms with Gasteiger partial charge in [0.05, 0.1) is 22.6 Å². The van der Waals surface area contributed by atoms with E-state index in [2.05, 4.69) is 50.1 Å². The average Bonchev–Trinajstić information content (AvgIpc) is 3.72. The number of fused-ring (bicyclic) bond motifs is 5. The zero-order valence-corrected chi connectivity index (χ0v) is 25.8. The van der Waals surface area contributed by atoms with Crippen LogP contribution in [0.2, 0.25) is 5.02 Å². The third-order valence-corrected chi connectivity index (χ3v) is 9.85. The summed E-state index contributed by atoms with van der Waals surface area (Å²) in [7, 11) is 4.34. The molecule has 0 spiro atoms. The highest BCUT2D eigenvalue weighted by molar-refractivity contribution is 7.22. The zero-order chi connectivity index (χ0) is 29.5. The summed E-state index contributed by atoms with van der Waals surface area (Å²) in [6.45, 7) is 4.41. The smallest absolute Gasteiger partial charge is 0.142 e. The molecule has 4 heterocycles. The van der Waals surface area contributed by atoms with Crippen LogP contribution in [0.3, 0.4) is 0 Å². The first-order valence-corrected chi connectivity index (χ1v) is 15.8. The number of anilines is 2. The van der Waals surface area contributed by atoms with Crippen LogP contribution in [0.15, 0.2) is 55.0 Å². The fraction of sp³-hybridized carbons (Fsp3) is 0.344. The summed E-state index contributed by atoms with van der Waals surface area (Å²) >= 11 is 8.27. The summed E-state index contributed by atoms with van der Waals surface area (Å²) in [5, 5.41) is 9.94. The predicted molar refractivity (Wildman–Crippen MR) is 170 cm³/mol. The maximum absolute atomic E-state index is 13.5. The summed E-state index contributed by atoms with van der Waals surface area (Å²) in [5.41, 5.74) is 5.18. The second-order valence-electron chi connectivity index (χ2n) is 11.5. The largest absolute Gasteiger partial charge is 0.487 e. The SMILES string of the molecule is CN(C)C1CCN(CCn2cc3c(n2)CCc2c-3sc3ncnc(Nc4ccc(OCc5cccc(F)c5)c(Cl)c4)c23)C1. The van der Waals surface area contributed by atoms with E-state index in [1.165, 1.54) is 34.6 Å². The minimum absolute atomic E-state index is 0.228. The summed E-state index contributed by atoms with van der Waals surface area (Å²) in [6.07, 6.45) is 6.83. The number of hydrogen-bond acceptors (Lipinski definition) is 8. The minimum Gasteiger partial charge on any atom is -0.487 e. The van der Waals surface area contributed by atoms with Crippen LogP contribution in [0.4, 0.5) is 15.9 Å². The van der Waals surface area contributed by atoms with E-state index in [4.69, 9.17) is 21.4 Å². The quantitative estimate of drug-likeness (QED) is 0.205. The molecule has 2 aliphatic rings. The van der Waals surface area contributed by atoms with Gasteiger partial charge in [0.15, 0.2) is 0 Å². The Morgan fingerprint density at radius 2 is 2.05 bits per heavy atom. The fourth-order valence-electron chi connectivity index (χ4n) is 6.04. The van der Waals surface area contributed by atoms with Crippen molar-refractivity contribution in [2.75, 3.05) is 39.0 Å². The number of thiophene rings is 1. The molecular formula is C32H33ClFN7OS. The number of ether oxygens (including phenoxy) is 1. The van der Waals surface area contributed by atoms with Gasteiger partial charge in [-0.05, 0) is 81.4 Å². The highest BCUT2D eigenvalue weighted by atomic mass is 35.5. The molecule has 43 heavy (non-hydrogen) atoms. The van der Waals surface area contributed by atoms with Crippen LogP contribution in [0.5, 0.6) is 5.75 Å². The van der Waals surface area contributed by atoms with Crippen LogP contribution >= 0.6 is 22.9 Å². The number of rotatable bonds is 9. The maximum Gasteiger partial charge on any atom is 0.142 e.